The SMILES string of the molecule is Clc1ccc(-c2cc(I)c(I)c(-c3ccccc3)c2)cc1. The first-order chi connectivity index (χ1) is 10.1. The van der Waals surface area contributed by atoms with Crippen LogP contribution in [0.25, 0.3) is 22.3 Å². The second-order valence-electron chi connectivity index (χ2n) is 4.69. The van der Waals surface area contributed by atoms with Gasteiger partial charge in [-0.25, -0.2) is 0 Å². The van der Waals surface area contributed by atoms with Crippen LogP contribution < -0.4 is 0 Å². The summed E-state index contributed by atoms with van der Waals surface area (Å²) in [5, 5.41) is 0.766. The third-order valence-electron chi connectivity index (χ3n) is 3.29. The lowest BCUT2D eigenvalue weighted by atomic mass is 9.99. The Hall–Kier alpha value is -0.590. The quantitative estimate of drug-likeness (QED) is 0.326. The second kappa shape index (κ2) is 6.67. The molecular formula is C18H11ClI2. The molecule has 104 valence electrons. The largest absolute Gasteiger partial charge is 0.0843 e. The van der Waals surface area contributed by atoms with E-state index in [1.165, 1.54) is 29.4 Å². The summed E-state index contributed by atoms with van der Waals surface area (Å²) in [4.78, 5) is 0. The molecule has 0 nitrogen and oxygen atoms in total. The first kappa shape index (κ1) is 15.3. The zero-order valence-electron chi connectivity index (χ0n) is 11.0. The van der Waals surface area contributed by atoms with E-state index in [9.17, 15) is 0 Å². The van der Waals surface area contributed by atoms with E-state index in [0.717, 1.165) is 5.02 Å². The van der Waals surface area contributed by atoms with Crippen molar-refractivity contribution in [3.8, 4) is 22.3 Å². The Morgan fingerprint density at radius 2 is 1.33 bits per heavy atom. The van der Waals surface area contributed by atoms with E-state index in [1.54, 1.807) is 0 Å². The zero-order chi connectivity index (χ0) is 14.8. The molecule has 0 fully saturated rings. The van der Waals surface area contributed by atoms with Crippen LogP contribution in [-0.4, -0.2) is 0 Å². The van der Waals surface area contributed by atoms with Gasteiger partial charge in [-0.1, -0.05) is 54.1 Å². The third-order valence-corrected chi connectivity index (χ3v) is 6.59. The van der Waals surface area contributed by atoms with Gasteiger partial charge >= 0.3 is 0 Å². The Labute approximate surface area is 156 Å². The minimum atomic E-state index is 0.766. The van der Waals surface area contributed by atoms with Gasteiger partial charge in [-0.3, -0.25) is 0 Å². The monoisotopic (exact) mass is 516 g/mol. The van der Waals surface area contributed by atoms with Crippen LogP contribution in [0.5, 0.6) is 0 Å². The maximum absolute atomic E-state index is 5.98. The molecule has 3 aromatic carbocycles. The summed E-state index contributed by atoms with van der Waals surface area (Å²) in [5.41, 5.74) is 4.92. The molecule has 3 heteroatoms. The average Bonchev–Trinajstić information content (AvgIpc) is 2.51. The molecule has 0 aliphatic rings. The minimum Gasteiger partial charge on any atom is -0.0843 e. The highest BCUT2D eigenvalue weighted by Crippen LogP contribution is 2.34. The van der Waals surface area contributed by atoms with Gasteiger partial charge in [-0.2, -0.15) is 0 Å². The normalized spacial score (nSPS) is 10.6. The molecule has 0 saturated carbocycles. The molecule has 0 radical (unpaired) electrons. The van der Waals surface area contributed by atoms with Crippen molar-refractivity contribution in [2.45, 2.75) is 0 Å². The van der Waals surface area contributed by atoms with Crippen LogP contribution in [0.3, 0.4) is 0 Å². The first-order valence-corrected chi connectivity index (χ1v) is 8.99. The van der Waals surface area contributed by atoms with Gasteiger partial charge in [-0.15, -0.1) is 0 Å². The number of hydrogen-bond donors (Lipinski definition) is 0. The molecule has 0 amide bonds. The van der Waals surface area contributed by atoms with Crippen LogP contribution >= 0.6 is 56.8 Å². The standard InChI is InChI=1S/C18H11ClI2/c19-15-8-6-12(7-9-15)14-10-16(18(21)17(20)11-14)13-4-2-1-3-5-13/h1-11H. The van der Waals surface area contributed by atoms with Gasteiger partial charge in [0.15, 0.2) is 0 Å². The van der Waals surface area contributed by atoms with Crippen LogP contribution in [0.1, 0.15) is 0 Å². The summed E-state index contributed by atoms with van der Waals surface area (Å²) in [6.07, 6.45) is 0. The van der Waals surface area contributed by atoms with E-state index >= 15 is 0 Å². The molecule has 0 bridgehead atoms. The van der Waals surface area contributed by atoms with Crippen molar-refractivity contribution < 1.29 is 0 Å². The Balaban J connectivity index is 2.16. The number of benzene rings is 3. The fraction of sp³-hybridized carbons (Fsp3) is 0. The topological polar surface area (TPSA) is 0 Å². The molecule has 3 rings (SSSR count). The Kier molecular flexibility index (Phi) is 4.86. The highest BCUT2D eigenvalue weighted by Gasteiger charge is 2.10. The smallest absolute Gasteiger partial charge is 0.0406 e. The van der Waals surface area contributed by atoms with Crippen molar-refractivity contribution >= 4 is 56.8 Å². The molecule has 0 aliphatic carbocycles. The Morgan fingerprint density at radius 3 is 2.00 bits per heavy atom. The average molecular weight is 517 g/mol. The summed E-state index contributed by atoms with van der Waals surface area (Å²) >= 11 is 10.8. The van der Waals surface area contributed by atoms with Gasteiger partial charge in [0.05, 0.1) is 0 Å². The molecule has 0 saturated heterocycles. The van der Waals surface area contributed by atoms with Crippen LogP contribution in [0.15, 0.2) is 66.7 Å². The van der Waals surface area contributed by atoms with Crippen LogP contribution in [0, 0.1) is 7.14 Å². The van der Waals surface area contributed by atoms with Crippen molar-refractivity contribution in [3.05, 3.63) is 78.9 Å². The highest BCUT2D eigenvalue weighted by atomic mass is 127. The Morgan fingerprint density at radius 1 is 0.667 bits per heavy atom. The summed E-state index contributed by atoms with van der Waals surface area (Å²) in [6.45, 7) is 0. The molecule has 0 aliphatic heterocycles. The molecule has 0 atom stereocenters. The predicted molar refractivity (Wildman–Crippen MR) is 108 cm³/mol. The highest BCUT2D eigenvalue weighted by molar-refractivity contribution is 14.1. The number of hydrogen-bond acceptors (Lipinski definition) is 0. The van der Waals surface area contributed by atoms with Crippen molar-refractivity contribution in [2.24, 2.45) is 0 Å². The summed E-state index contributed by atoms with van der Waals surface area (Å²) in [6, 6.07) is 23.0. The summed E-state index contributed by atoms with van der Waals surface area (Å²) < 4.78 is 2.55. The number of rotatable bonds is 2. The van der Waals surface area contributed by atoms with Crippen LogP contribution in [-0.2, 0) is 0 Å². The molecule has 0 aromatic heterocycles. The number of halogens is 3. The van der Waals surface area contributed by atoms with Gasteiger partial charge in [0.1, 0.15) is 0 Å². The summed E-state index contributed by atoms with van der Waals surface area (Å²) in [7, 11) is 0. The van der Waals surface area contributed by atoms with E-state index in [-0.39, 0.29) is 0 Å². The lowest BCUT2D eigenvalue weighted by molar-refractivity contribution is 1.52. The predicted octanol–water partition coefficient (Wildman–Crippen LogP) is 6.88. The zero-order valence-corrected chi connectivity index (χ0v) is 16.1. The molecular weight excluding hydrogens is 505 g/mol. The maximum Gasteiger partial charge on any atom is 0.0406 e. The van der Waals surface area contributed by atoms with Crippen molar-refractivity contribution in [1.29, 1.82) is 0 Å². The molecule has 0 heterocycles. The van der Waals surface area contributed by atoms with E-state index in [0.29, 0.717) is 0 Å². The van der Waals surface area contributed by atoms with E-state index < -0.39 is 0 Å². The van der Waals surface area contributed by atoms with Gasteiger partial charge in [0.2, 0.25) is 0 Å². The third kappa shape index (κ3) is 3.43. The van der Waals surface area contributed by atoms with Crippen LogP contribution in [0.2, 0.25) is 5.02 Å². The first-order valence-electron chi connectivity index (χ1n) is 6.45. The Bertz CT molecular complexity index is 765. The molecule has 0 N–H and O–H groups in total. The fourth-order valence-electron chi connectivity index (χ4n) is 2.23. The molecule has 0 spiro atoms. The maximum atomic E-state index is 5.98. The van der Waals surface area contributed by atoms with Crippen molar-refractivity contribution in [1.82, 2.24) is 0 Å². The van der Waals surface area contributed by atoms with Crippen LogP contribution in [0.4, 0.5) is 0 Å². The fourth-order valence-corrected chi connectivity index (χ4v) is 3.60. The molecule has 21 heavy (non-hydrogen) atoms. The van der Waals surface area contributed by atoms with Crippen molar-refractivity contribution in [2.75, 3.05) is 0 Å². The summed E-state index contributed by atoms with van der Waals surface area (Å²) in [5.74, 6) is 0. The van der Waals surface area contributed by atoms with Gasteiger partial charge in [0.25, 0.3) is 0 Å². The van der Waals surface area contributed by atoms with Crippen molar-refractivity contribution in [3.63, 3.8) is 0 Å². The van der Waals surface area contributed by atoms with Gasteiger partial charge < -0.3 is 0 Å². The van der Waals surface area contributed by atoms with E-state index in [4.69, 9.17) is 11.6 Å². The van der Waals surface area contributed by atoms with E-state index in [2.05, 4.69) is 93.7 Å². The van der Waals surface area contributed by atoms with Gasteiger partial charge in [-0.05, 0) is 91.7 Å². The van der Waals surface area contributed by atoms with Gasteiger partial charge in [0, 0.05) is 12.2 Å². The minimum absolute atomic E-state index is 0.766. The second-order valence-corrected chi connectivity index (χ2v) is 7.37. The van der Waals surface area contributed by atoms with E-state index in [1.807, 2.05) is 18.2 Å². The lowest BCUT2D eigenvalue weighted by Crippen LogP contribution is -1.90. The molecule has 3 aromatic rings. The lowest BCUT2D eigenvalue weighted by Gasteiger charge is -2.11. The molecule has 0 unspecified atom stereocenters.